The largest absolute Gasteiger partial charge is 0.444 e. The van der Waals surface area contributed by atoms with Gasteiger partial charge < -0.3 is 15.0 Å². The Hall–Kier alpha value is -2.83. The number of alkyl carbamates (subject to hydrolysis) is 1. The lowest BCUT2D eigenvalue weighted by atomic mass is 10.1. The van der Waals surface area contributed by atoms with Crippen LogP contribution in [0.2, 0.25) is 0 Å². The second-order valence-electron chi connectivity index (χ2n) is 8.45. The SMILES string of the molecule is CN(CCCCCc1cc(-c2ccccc2)n[nH]1)C(=O)CCNC(=O)OC(C)(C)C. The van der Waals surface area contributed by atoms with Crippen LogP contribution in [0.25, 0.3) is 11.3 Å². The van der Waals surface area contributed by atoms with Gasteiger partial charge in [-0.25, -0.2) is 4.79 Å². The van der Waals surface area contributed by atoms with E-state index < -0.39 is 11.7 Å². The average molecular weight is 415 g/mol. The molecule has 0 aliphatic carbocycles. The molecule has 0 saturated carbocycles. The summed E-state index contributed by atoms with van der Waals surface area (Å²) in [6, 6.07) is 12.2. The van der Waals surface area contributed by atoms with Crippen LogP contribution in [0.15, 0.2) is 36.4 Å². The Morgan fingerprint density at radius 1 is 1.13 bits per heavy atom. The molecule has 2 amide bonds. The molecular weight excluding hydrogens is 380 g/mol. The Morgan fingerprint density at radius 3 is 2.57 bits per heavy atom. The van der Waals surface area contributed by atoms with Crippen LogP contribution in [-0.4, -0.2) is 52.8 Å². The van der Waals surface area contributed by atoms with Gasteiger partial charge in [0, 0.05) is 37.8 Å². The van der Waals surface area contributed by atoms with E-state index in [0.29, 0.717) is 6.54 Å². The maximum Gasteiger partial charge on any atom is 0.407 e. The number of rotatable bonds is 10. The third-order valence-electron chi connectivity index (χ3n) is 4.57. The van der Waals surface area contributed by atoms with E-state index in [0.717, 1.165) is 42.6 Å². The molecule has 0 radical (unpaired) electrons. The Morgan fingerprint density at radius 2 is 1.87 bits per heavy atom. The average Bonchev–Trinajstić information content (AvgIpc) is 3.15. The van der Waals surface area contributed by atoms with Crippen LogP contribution in [0.5, 0.6) is 0 Å². The van der Waals surface area contributed by atoms with E-state index in [4.69, 9.17) is 4.74 Å². The molecule has 0 saturated heterocycles. The second kappa shape index (κ2) is 11.4. The van der Waals surface area contributed by atoms with Crippen molar-refractivity contribution in [2.45, 2.75) is 58.5 Å². The smallest absolute Gasteiger partial charge is 0.407 e. The Labute approximate surface area is 179 Å². The van der Waals surface area contributed by atoms with E-state index in [-0.39, 0.29) is 18.9 Å². The summed E-state index contributed by atoms with van der Waals surface area (Å²) in [5.74, 6) is 0.0205. The molecule has 1 aromatic heterocycles. The van der Waals surface area contributed by atoms with Crippen molar-refractivity contribution in [2.24, 2.45) is 0 Å². The molecule has 7 nitrogen and oxygen atoms in total. The van der Waals surface area contributed by atoms with E-state index in [9.17, 15) is 9.59 Å². The van der Waals surface area contributed by atoms with Crippen molar-refractivity contribution in [1.82, 2.24) is 20.4 Å². The number of carbonyl (C=O) groups excluding carboxylic acids is 2. The maximum atomic E-state index is 12.2. The number of hydrogen-bond acceptors (Lipinski definition) is 4. The number of amides is 2. The summed E-state index contributed by atoms with van der Waals surface area (Å²) in [6.07, 6.45) is 3.74. The van der Waals surface area contributed by atoms with Gasteiger partial charge in [0.2, 0.25) is 5.91 Å². The molecule has 0 aliphatic heterocycles. The minimum atomic E-state index is -0.538. The van der Waals surface area contributed by atoms with Crippen LogP contribution in [0.4, 0.5) is 4.79 Å². The highest BCUT2D eigenvalue weighted by Crippen LogP contribution is 2.18. The summed E-state index contributed by atoms with van der Waals surface area (Å²) in [7, 11) is 1.80. The van der Waals surface area contributed by atoms with Gasteiger partial charge in [0.25, 0.3) is 0 Å². The summed E-state index contributed by atoms with van der Waals surface area (Å²) in [5, 5.41) is 10.1. The van der Waals surface area contributed by atoms with Crippen molar-refractivity contribution in [1.29, 1.82) is 0 Å². The van der Waals surface area contributed by atoms with Crippen LogP contribution >= 0.6 is 0 Å². The standard InChI is InChI=1S/C23H34N4O3/c1-23(2,3)30-22(29)24-15-14-21(28)27(4)16-10-6-9-13-19-17-20(26-25-19)18-11-7-5-8-12-18/h5,7-8,11-12,17H,6,9-10,13-16H2,1-4H3,(H,24,29)(H,25,26). The zero-order valence-electron chi connectivity index (χ0n) is 18.5. The summed E-state index contributed by atoms with van der Waals surface area (Å²) in [6.45, 7) is 6.41. The molecule has 0 atom stereocenters. The molecule has 1 aromatic carbocycles. The van der Waals surface area contributed by atoms with Crippen LogP contribution in [0.1, 0.15) is 52.1 Å². The molecule has 7 heteroatoms. The van der Waals surface area contributed by atoms with Gasteiger partial charge in [-0.05, 0) is 46.1 Å². The lowest BCUT2D eigenvalue weighted by molar-refractivity contribution is -0.129. The number of H-pyrrole nitrogens is 1. The third-order valence-corrected chi connectivity index (χ3v) is 4.57. The summed E-state index contributed by atoms with van der Waals surface area (Å²) in [5.41, 5.74) is 2.67. The number of aromatic amines is 1. The fourth-order valence-electron chi connectivity index (χ4n) is 2.99. The van der Waals surface area contributed by atoms with Gasteiger partial charge in [0.1, 0.15) is 5.60 Å². The first-order valence-corrected chi connectivity index (χ1v) is 10.5. The first-order chi connectivity index (χ1) is 14.2. The molecule has 2 N–H and O–H groups in total. The van der Waals surface area contributed by atoms with Gasteiger partial charge in [-0.15, -0.1) is 0 Å². The predicted octanol–water partition coefficient (Wildman–Crippen LogP) is 4.16. The highest BCUT2D eigenvalue weighted by Gasteiger charge is 2.16. The molecular formula is C23H34N4O3. The fraction of sp³-hybridized carbons (Fsp3) is 0.522. The first-order valence-electron chi connectivity index (χ1n) is 10.5. The van der Waals surface area contributed by atoms with E-state index in [1.54, 1.807) is 32.7 Å². The highest BCUT2D eigenvalue weighted by molar-refractivity contribution is 5.77. The number of hydrogen-bond donors (Lipinski definition) is 2. The summed E-state index contributed by atoms with van der Waals surface area (Å²) in [4.78, 5) is 25.5. The highest BCUT2D eigenvalue weighted by atomic mass is 16.6. The molecule has 164 valence electrons. The first kappa shape index (κ1) is 23.4. The van der Waals surface area contributed by atoms with Gasteiger partial charge in [-0.1, -0.05) is 36.8 Å². The molecule has 2 aromatic rings. The van der Waals surface area contributed by atoms with Crippen molar-refractivity contribution in [3.63, 3.8) is 0 Å². The molecule has 0 unspecified atom stereocenters. The van der Waals surface area contributed by atoms with Gasteiger partial charge in [-0.2, -0.15) is 5.10 Å². The topological polar surface area (TPSA) is 87.3 Å². The number of ether oxygens (including phenoxy) is 1. The van der Waals surface area contributed by atoms with Gasteiger partial charge in [0.05, 0.1) is 5.69 Å². The molecule has 0 fully saturated rings. The van der Waals surface area contributed by atoms with Crippen molar-refractivity contribution in [2.75, 3.05) is 20.1 Å². The van der Waals surface area contributed by atoms with E-state index in [1.165, 1.54) is 0 Å². The number of nitrogens with one attached hydrogen (secondary N) is 2. The van der Waals surface area contributed by atoms with Crippen LogP contribution in [-0.2, 0) is 16.0 Å². The van der Waals surface area contributed by atoms with Crippen molar-refractivity contribution < 1.29 is 14.3 Å². The Bertz CT molecular complexity index is 796. The maximum absolute atomic E-state index is 12.2. The van der Waals surface area contributed by atoms with Crippen molar-refractivity contribution in [3.8, 4) is 11.3 Å². The van der Waals surface area contributed by atoms with E-state index in [2.05, 4.69) is 33.7 Å². The number of nitrogens with zero attached hydrogens (tertiary/aromatic N) is 2. The molecule has 30 heavy (non-hydrogen) atoms. The van der Waals surface area contributed by atoms with Gasteiger partial charge in [-0.3, -0.25) is 9.89 Å². The fourth-order valence-corrected chi connectivity index (χ4v) is 2.99. The van der Waals surface area contributed by atoms with Gasteiger partial charge >= 0.3 is 6.09 Å². The minimum Gasteiger partial charge on any atom is -0.444 e. The van der Waals surface area contributed by atoms with Gasteiger partial charge in [0.15, 0.2) is 0 Å². The second-order valence-corrected chi connectivity index (χ2v) is 8.45. The van der Waals surface area contributed by atoms with Crippen LogP contribution in [0.3, 0.4) is 0 Å². The Kier molecular flexibility index (Phi) is 8.89. The number of benzene rings is 1. The quantitative estimate of drug-likeness (QED) is 0.572. The molecule has 2 rings (SSSR count). The zero-order valence-corrected chi connectivity index (χ0v) is 18.5. The molecule has 0 aliphatic rings. The molecule has 0 spiro atoms. The minimum absolute atomic E-state index is 0.0205. The summed E-state index contributed by atoms with van der Waals surface area (Å²) < 4.78 is 5.15. The Balaban J connectivity index is 1.57. The molecule has 1 heterocycles. The third kappa shape index (κ3) is 8.68. The normalized spacial score (nSPS) is 11.2. The predicted molar refractivity (Wildman–Crippen MR) is 118 cm³/mol. The lowest BCUT2D eigenvalue weighted by Gasteiger charge is -2.20. The number of aromatic nitrogens is 2. The zero-order chi connectivity index (χ0) is 22.0. The van der Waals surface area contributed by atoms with Crippen LogP contribution in [0, 0.1) is 0 Å². The monoisotopic (exact) mass is 414 g/mol. The number of carbonyl (C=O) groups is 2. The van der Waals surface area contributed by atoms with Crippen molar-refractivity contribution >= 4 is 12.0 Å². The lowest BCUT2D eigenvalue weighted by Crippen LogP contribution is -2.35. The number of aryl methyl sites for hydroxylation is 1. The number of unbranched alkanes of at least 4 members (excludes halogenated alkanes) is 2. The van der Waals surface area contributed by atoms with Crippen molar-refractivity contribution in [3.05, 3.63) is 42.1 Å². The molecule has 0 bridgehead atoms. The van der Waals surface area contributed by atoms with E-state index in [1.807, 2.05) is 18.2 Å². The van der Waals surface area contributed by atoms with E-state index >= 15 is 0 Å². The summed E-state index contributed by atoms with van der Waals surface area (Å²) >= 11 is 0. The van der Waals surface area contributed by atoms with Crippen LogP contribution < -0.4 is 5.32 Å².